The van der Waals surface area contributed by atoms with E-state index in [2.05, 4.69) is 11.2 Å². The minimum Gasteiger partial charge on any atom is -0.389 e. The first-order valence-corrected chi connectivity index (χ1v) is 3.88. The van der Waals surface area contributed by atoms with Crippen LogP contribution in [0.1, 0.15) is 6.92 Å². The first-order chi connectivity index (χ1) is 4.27. The van der Waals surface area contributed by atoms with E-state index in [1.165, 1.54) is 11.8 Å². The molecule has 0 aliphatic heterocycles. The molecule has 0 rings (SSSR count). The van der Waals surface area contributed by atoms with Crippen LogP contribution in [0.15, 0.2) is 12.2 Å². The maximum absolute atomic E-state index is 8.69. The maximum Gasteiger partial charge on any atom is 0.0701 e. The van der Waals surface area contributed by atoms with Crippen LogP contribution in [0, 0.1) is 11.2 Å². The fraction of sp³-hybridized carbons (Fsp3) is 0.429. The normalized spacial score (nSPS) is 12.8. The van der Waals surface area contributed by atoms with Gasteiger partial charge in [-0.15, -0.1) is 0 Å². The number of thioether (sulfide) groups is 1. The van der Waals surface area contributed by atoms with Gasteiger partial charge in [0, 0.05) is 0 Å². The fourth-order valence-electron chi connectivity index (χ4n) is 0.280. The van der Waals surface area contributed by atoms with Crippen LogP contribution in [-0.4, -0.2) is 17.5 Å². The van der Waals surface area contributed by atoms with Gasteiger partial charge in [0.05, 0.1) is 6.10 Å². The lowest BCUT2D eigenvalue weighted by Crippen LogP contribution is -1.90. The molecule has 0 aromatic rings. The Labute approximate surface area is 60.2 Å². The lowest BCUT2D eigenvalue weighted by Gasteiger charge is -1.87. The van der Waals surface area contributed by atoms with Gasteiger partial charge in [0.15, 0.2) is 0 Å². The summed E-state index contributed by atoms with van der Waals surface area (Å²) in [5.41, 5.74) is 0. The largest absolute Gasteiger partial charge is 0.389 e. The average molecular weight is 142 g/mol. The van der Waals surface area contributed by atoms with E-state index in [0.29, 0.717) is 0 Å². The monoisotopic (exact) mass is 142 g/mol. The zero-order valence-corrected chi connectivity index (χ0v) is 6.40. The van der Waals surface area contributed by atoms with Gasteiger partial charge in [-0.05, 0) is 30.6 Å². The Hall–Kier alpha value is -0.390. The Morgan fingerprint density at radius 1 is 1.67 bits per heavy atom. The summed E-state index contributed by atoms with van der Waals surface area (Å²) in [4.78, 5) is 0. The van der Waals surface area contributed by atoms with Crippen LogP contribution >= 0.6 is 11.8 Å². The molecular formula is C7H10OS. The first-order valence-electron chi connectivity index (χ1n) is 2.65. The fourth-order valence-corrected chi connectivity index (χ4v) is 0.466. The minimum atomic E-state index is -0.388. The quantitative estimate of drug-likeness (QED) is 0.556. The van der Waals surface area contributed by atoms with Crippen molar-refractivity contribution in [2.45, 2.75) is 13.0 Å². The van der Waals surface area contributed by atoms with Gasteiger partial charge in [0.2, 0.25) is 0 Å². The molecule has 0 aromatic carbocycles. The number of hydrogen-bond acceptors (Lipinski definition) is 2. The molecule has 1 unspecified atom stereocenters. The maximum atomic E-state index is 8.69. The summed E-state index contributed by atoms with van der Waals surface area (Å²) in [6, 6.07) is 0. The number of aliphatic hydroxyl groups is 1. The van der Waals surface area contributed by atoms with E-state index in [4.69, 9.17) is 5.11 Å². The Morgan fingerprint density at radius 2 is 2.33 bits per heavy atom. The highest BCUT2D eigenvalue weighted by atomic mass is 32.2. The van der Waals surface area contributed by atoms with Crippen LogP contribution in [0.4, 0.5) is 0 Å². The molecule has 0 fully saturated rings. The van der Waals surface area contributed by atoms with Crippen LogP contribution in [0.2, 0.25) is 0 Å². The first kappa shape index (κ1) is 8.61. The molecule has 0 saturated carbocycles. The second-order valence-electron chi connectivity index (χ2n) is 1.55. The highest BCUT2D eigenvalue weighted by Gasteiger charge is 1.79. The molecular weight excluding hydrogens is 132 g/mol. The lowest BCUT2D eigenvalue weighted by atomic mass is 10.4. The van der Waals surface area contributed by atoms with Crippen molar-refractivity contribution in [1.82, 2.24) is 0 Å². The predicted molar refractivity (Wildman–Crippen MR) is 42.1 cm³/mol. The predicted octanol–water partition coefficient (Wildman–Crippen LogP) is 1.25. The third-order valence-electron chi connectivity index (χ3n) is 0.619. The molecule has 50 valence electrons. The Kier molecular flexibility index (Phi) is 5.49. The molecule has 2 heteroatoms. The molecule has 0 bridgehead atoms. The van der Waals surface area contributed by atoms with Crippen molar-refractivity contribution >= 4 is 11.8 Å². The Bertz CT molecular complexity index is 139. The topological polar surface area (TPSA) is 20.2 Å². The molecule has 9 heavy (non-hydrogen) atoms. The van der Waals surface area contributed by atoms with E-state index in [-0.39, 0.29) is 6.10 Å². The smallest absolute Gasteiger partial charge is 0.0701 e. The SMILES string of the molecule is CSC#C/C=C/C(C)O. The lowest BCUT2D eigenvalue weighted by molar-refractivity contribution is 0.244. The second-order valence-corrected chi connectivity index (χ2v) is 2.16. The average Bonchev–Trinajstić information content (AvgIpc) is 1.80. The molecule has 0 saturated heterocycles. The van der Waals surface area contributed by atoms with Gasteiger partial charge in [-0.2, -0.15) is 0 Å². The number of hydrogen-bond donors (Lipinski definition) is 1. The van der Waals surface area contributed by atoms with Crippen molar-refractivity contribution in [2.75, 3.05) is 6.26 Å². The van der Waals surface area contributed by atoms with Gasteiger partial charge in [-0.25, -0.2) is 0 Å². The molecule has 1 N–H and O–H groups in total. The number of allylic oxidation sites excluding steroid dienone is 1. The van der Waals surface area contributed by atoms with E-state index in [1.807, 2.05) is 6.26 Å². The molecule has 0 heterocycles. The third kappa shape index (κ3) is 7.61. The van der Waals surface area contributed by atoms with E-state index in [1.54, 1.807) is 19.1 Å². The van der Waals surface area contributed by atoms with Crippen LogP contribution in [-0.2, 0) is 0 Å². The molecule has 0 radical (unpaired) electrons. The molecule has 0 aliphatic carbocycles. The Morgan fingerprint density at radius 3 is 2.78 bits per heavy atom. The van der Waals surface area contributed by atoms with Crippen molar-refractivity contribution in [2.24, 2.45) is 0 Å². The molecule has 1 atom stereocenters. The van der Waals surface area contributed by atoms with E-state index in [9.17, 15) is 0 Å². The summed E-state index contributed by atoms with van der Waals surface area (Å²) in [6.45, 7) is 1.69. The summed E-state index contributed by atoms with van der Waals surface area (Å²) in [6.07, 6.45) is 4.81. The number of rotatable bonds is 1. The number of aliphatic hydroxyl groups excluding tert-OH is 1. The minimum absolute atomic E-state index is 0.388. The molecule has 0 aliphatic rings. The van der Waals surface area contributed by atoms with Gasteiger partial charge < -0.3 is 5.11 Å². The van der Waals surface area contributed by atoms with Gasteiger partial charge >= 0.3 is 0 Å². The van der Waals surface area contributed by atoms with Gasteiger partial charge in [0.1, 0.15) is 0 Å². The summed E-state index contributed by atoms with van der Waals surface area (Å²) in [5.74, 6) is 2.74. The summed E-state index contributed by atoms with van der Waals surface area (Å²) in [7, 11) is 0. The van der Waals surface area contributed by atoms with Gasteiger partial charge in [-0.1, -0.05) is 17.7 Å². The van der Waals surface area contributed by atoms with Crippen LogP contribution in [0.3, 0.4) is 0 Å². The molecule has 0 aromatic heterocycles. The summed E-state index contributed by atoms with van der Waals surface area (Å²) in [5, 5.41) is 11.5. The van der Waals surface area contributed by atoms with Crippen molar-refractivity contribution in [1.29, 1.82) is 0 Å². The van der Waals surface area contributed by atoms with Gasteiger partial charge in [-0.3, -0.25) is 0 Å². The van der Waals surface area contributed by atoms with Crippen molar-refractivity contribution < 1.29 is 5.11 Å². The van der Waals surface area contributed by atoms with Crippen LogP contribution in [0.5, 0.6) is 0 Å². The van der Waals surface area contributed by atoms with Crippen molar-refractivity contribution in [3.05, 3.63) is 12.2 Å². The van der Waals surface area contributed by atoms with E-state index in [0.717, 1.165) is 0 Å². The van der Waals surface area contributed by atoms with Crippen molar-refractivity contribution in [3.63, 3.8) is 0 Å². The summed E-state index contributed by atoms with van der Waals surface area (Å²) < 4.78 is 0. The highest BCUT2D eigenvalue weighted by Crippen LogP contribution is 1.85. The zero-order chi connectivity index (χ0) is 7.11. The molecule has 0 amide bonds. The van der Waals surface area contributed by atoms with E-state index < -0.39 is 0 Å². The standard InChI is InChI=1S/C7H10OS/c1-7(8)5-3-4-6-9-2/h3,5,7-8H,1-2H3/b5-3+. The van der Waals surface area contributed by atoms with Gasteiger partial charge in [0.25, 0.3) is 0 Å². The van der Waals surface area contributed by atoms with Crippen molar-refractivity contribution in [3.8, 4) is 11.2 Å². The second kappa shape index (κ2) is 5.74. The molecule has 1 nitrogen and oxygen atoms in total. The highest BCUT2D eigenvalue weighted by molar-refractivity contribution is 8.03. The van der Waals surface area contributed by atoms with Crippen LogP contribution in [0.25, 0.3) is 0 Å². The van der Waals surface area contributed by atoms with E-state index >= 15 is 0 Å². The third-order valence-corrected chi connectivity index (χ3v) is 0.941. The molecule has 0 spiro atoms. The zero-order valence-electron chi connectivity index (χ0n) is 5.59. The summed E-state index contributed by atoms with van der Waals surface area (Å²) >= 11 is 1.46. The van der Waals surface area contributed by atoms with Crippen LogP contribution < -0.4 is 0 Å². The Balaban J connectivity index is 3.47.